The first-order chi connectivity index (χ1) is 14.0. The zero-order chi connectivity index (χ0) is 20.4. The number of ether oxygens (including phenoxy) is 1. The third kappa shape index (κ3) is 4.74. The summed E-state index contributed by atoms with van der Waals surface area (Å²) in [5, 5.41) is 4.84. The van der Waals surface area contributed by atoms with E-state index in [2.05, 4.69) is 21.7 Å². The van der Waals surface area contributed by atoms with Crippen LogP contribution in [0.25, 0.3) is 0 Å². The summed E-state index contributed by atoms with van der Waals surface area (Å²) in [6.07, 6.45) is 2.96. The number of aromatic nitrogens is 1. The van der Waals surface area contributed by atoms with Crippen LogP contribution >= 0.6 is 0 Å². The number of imide groups is 1. The van der Waals surface area contributed by atoms with Crippen molar-refractivity contribution >= 4 is 29.5 Å². The standard InChI is InChI=1S/C20H17N4O5.Y/c25-17-4-3-16(18(26)23-17)24-10-13-2-1-12(9-15(13)19(24)27)11-29-20(28)22-14-5-7-21-8-6-14;/h1,5-9,16H,3-4,10-11H2,(H,21,22,28)(H,23,25,26);/q-1;. The Morgan fingerprint density at radius 1 is 1.30 bits per heavy atom. The van der Waals surface area contributed by atoms with Gasteiger partial charge in [-0.15, -0.1) is 11.1 Å². The Balaban J connectivity index is 0.00000256. The van der Waals surface area contributed by atoms with E-state index in [-0.39, 0.29) is 64.1 Å². The summed E-state index contributed by atoms with van der Waals surface area (Å²) < 4.78 is 5.18. The molecule has 2 N–H and O–H groups in total. The molecule has 0 aliphatic carbocycles. The van der Waals surface area contributed by atoms with Crippen molar-refractivity contribution in [2.75, 3.05) is 5.32 Å². The van der Waals surface area contributed by atoms with Crippen molar-refractivity contribution in [2.45, 2.75) is 32.0 Å². The summed E-state index contributed by atoms with van der Waals surface area (Å²) in [5.74, 6) is -1.08. The zero-order valence-electron chi connectivity index (χ0n) is 15.9. The fraction of sp³-hybridized carbons (Fsp3) is 0.250. The van der Waals surface area contributed by atoms with Gasteiger partial charge < -0.3 is 9.64 Å². The number of amides is 4. The summed E-state index contributed by atoms with van der Waals surface area (Å²) >= 11 is 0. The molecule has 30 heavy (non-hydrogen) atoms. The molecule has 1 saturated heterocycles. The first kappa shape index (κ1) is 22.0. The van der Waals surface area contributed by atoms with Crippen molar-refractivity contribution in [3.63, 3.8) is 0 Å². The smallest absolute Gasteiger partial charge is 0.410 e. The van der Waals surface area contributed by atoms with Gasteiger partial charge in [-0.05, 0) is 18.6 Å². The van der Waals surface area contributed by atoms with Gasteiger partial charge in [-0.25, -0.2) is 4.79 Å². The molecule has 1 radical (unpaired) electrons. The predicted octanol–water partition coefficient (Wildman–Crippen LogP) is 1.39. The Morgan fingerprint density at radius 3 is 2.80 bits per heavy atom. The van der Waals surface area contributed by atoms with Crippen molar-refractivity contribution in [2.24, 2.45) is 0 Å². The molecule has 2 aromatic rings. The third-order valence-electron chi connectivity index (χ3n) is 4.79. The van der Waals surface area contributed by atoms with Gasteiger partial charge in [0, 0.05) is 63.8 Å². The van der Waals surface area contributed by atoms with Crippen LogP contribution in [0.15, 0.2) is 36.7 Å². The predicted molar refractivity (Wildman–Crippen MR) is 99.4 cm³/mol. The van der Waals surface area contributed by atoms with Crippen LogP contribution < -0.4 is 10.6 Å². The molecule has 9 nitrogen and oxygen atoms in total. The monoisotopic (exact) mass is 482 g/mol. The van der Waals surface area contributed by atoms with Gasteiger partial charge in [-0.1, -0.05) is 5.56 Å². The fourth-order valence-corrected chi connectivity index (χ4v) is 3.34. The second-order valence-electron chi connectivity index (χ2n) is 6.74. The Bertz CT molecular complexity index is 998. The first-order valence-corrected chi connectivity index (χ1v) is 9.03. The van der Waals surface area contributed by atoms with E-state index >= 15 is 0 Å². The van der Waals surface area contributed by atoms with Gasteiger partial charge in [0.15, 0.2) is 5.91 Å². The van der Waals surface area contributed by atoms with Gasteiger partial charge in [0.25, 0.3) is 0 Å². The van der Waals surface area contributed by atoms with Gasteiger partial charge >= 0.3 is 6.09 Å². The number of fused-ring (bicyclic) bond motifs is 1. The Morgan fingerprint density at radius 2 is 2.07 bits per heavy atom. The third-order valence-corrected chi connectivity index (χ3v) is 4.79. The summed E-state index contributed by atoms with van der Waals surface area (Å²) in [5.41, 5.74) is 2.25. The van der Waals surface area contributed by atoms with E-state index in [0.29, 0.717) is 28.8 Å². The van der Waals surface area contributed by atoms with Gasteiger partial charge in [-0.2, -0.15) is 18.2 Å². The molecule has 0 spiro atoms. The van der Waals surface area contributed by atoms with Crippen molar-refractivity contribution in [3.05, 3.63) is 59.4 Å². The molecule has 0 bridgehead atoms. The van der Waals surface area contributed by atoms with E-state index in [1.807, 2.05) is 0 Å². The average molecular weight is 482 g/mol. The van der Waals surface area contributed by atoms with Crippen LogP contribution in [0.2, 0.25) is 0 Å². The number of hydrogen-bond acceptors (Lipinski definition) is 6. The molecule has 1 unspecified atom stereocenters. The minimum atomic E-state index is -0.674. The van der Waals surface area contributed by atoms with Gasteiger partial charge in [-0.3, -0.25) is 30.0 Å². The van der Waals surface area contributed by atoms with E-state index in [1.165, 1.54) is 4.90 Å². The van der Waals surface area contributed by atoms with E-state index in [1.54, 1.807) is 36.7 Å². The molecule has 3 heterocycles. The number of anilines is 1. The molecule has 1 atom stereocenters. The largest absolute Gasteiger partial charge is 0.457 e. The molecule has 1 aromatic carbocycles. The van der Waals surface area contributed by atoms with E-state index in [0.717, 1.165) is 0 Å². The van der Waals surface area contributed by atoms with Gasteiger partial charge in [0.2, 0.25) is 11.8 Å². The van der Waals surface area contributed by atoms with Crippen molar-refractivity contribution < 1.29 is 56.6 Å². The topological polar surface area (TPSA) is 118 Å². The summed E-state index contributed by atoms with van der Waals surface area (Å²) in [6, 6.07) is 8.91. The molecular formula is C20H17N4O5Y-. The van der Waals surface area contributed by atoms with Gasteiger partial charge in [0.05, 0.1) is 6.61 Å². The molecule has 2 aliphatic heterocycles. The minimum Gasteiger partial charge on any atom is -0.457 e. The molecule has 1 fully saturated rings. The van der Waals surface area contributed by atoms with Crippen LogP contribution in [0.3, 0.4) is 0 Å². The Kier molecular flexibility index (Phi) is 6.94. The molecule has 4 rings (SSSR count). The van der Waals surface area contributed by atoms with Crippen LogP contribution in [-0.4, -0.2) is 39.7 Å². The summed E-state index contributed by atoms with van der Waals surface area (Å²) in [4.78, 5) is 53.4. The maximum absolute atomic E-state index is 12.8. The van der Waals surface area contributed by atoms with Crippen LogP contribution in [0, 0.1) is 6.07 Å². The summed E-state index contributed by atoms with van der Waals surface area (Å²) in [6.45, 7) is 0.219. The summed E-state index contributed by atoms with van der Waals surface area (Å²) in [7, 11) is 0. The van der Waals surface area contributed by atoms with E-state index in [9.17, 15) is 19.2 Å². The van der Waals surface area contributed by atoms with Crippen LogP contribution in [0.4, 0.5) is 10.5 Å². The number of nitrogens with one attached hydrogen (secondary N) is 2. The normalized spacial score (nSPS) is 17.7. The molecule has 2 aliphatic rings. The SMILES string of the molecule is O=C1CCC(N2Cc3[c-]cc(COC(=O)Nc4ccncc4)cc3C2=O)C(=O)N1.[Y]. The minimum absolute atomic E-state index is 0. The maximum atomic E-state index is 12.8. The second kappa shape index (κ2) is 9.44. The first-order valence-electron chi connectivity index (χ1n) is 9.03. The zero-order valence-corrected chi connectivity index (χ0v) is 18.7. The Labute approximate surface area is 197 Å². The molecule has 1 aromatic heterocycles. The number of rotatable bonds is 4. The van der Waals surface area contributed by atoms with Crippen LogP contribution in [-0.2, 0) is 60.2 Å². The Hall–Kier alpha value is -2.65. The molecular weight excluding hydrogens is 465 g/mol. The number of carbonyl (C=O) groups excluding carboxylic acids is 4. The molecule has 151 valence electrons. The average Bonchev–Trinajstić information content (AvgIpc) is 3.03. The number of benzene rings is 1. The van der Waals surface area contributed by atoms with E-state index < -0.39 is 18.0 Å². The van der Waals surface area contributed by atoms with E-state index in [4.69, 9.17) is 4.74 Å². The number of pyridine rings is 1. The molecule has 4 amide bonds. The van der Waals surface area contributed by atoms with Crippen LogP contribution in [0.5, 0.6) is 0 Å². The number of piperidine rings is 1. The van der Waals surface area contributed by atoms with Crippen molar-refractivity contribution in [1.82, 2.24) is 15.2 Å². The van der Waals surface area contributed by atoms with Gasteiger partial charge in [0.1, 0.15) is 6.04 Å². The fourth-order valence-electron chi connectivity index (χ4n) is 3.34. The number of nitrogens with zero attached hydrogens (tertiary/aromatic N) is 2. The number of hydrogen-bond donors (Lipinski definition) is 2. The number of carbonyl (C=O) groups is 4. The van der Waals surface area contributed by atoms with Crippen LogP contribution in [0.1, 0.15) is 34.3 Å². The molecule has 10 heteroatoms. The molecule has 0 saturated carbocycles. The quantitative estimate of drug-likeness (QED) is 0.503. The van der Waals surface area contributed by atoms with Crippen molar-refractivity contribution in [1.29, 1.82) is 0 Å². The second-order valence-corrected chi connectivity index (χ2v) is 6.74. The van der Waals surface area contributed by atoms with Crippen molar-refractivity contribution in [3.8, 4) is 0 Å². The maximum Gasteiger partial charge on any atom is 0.410 e.